The van der Waals surface area contributed by atoms with Crippen LogP contribution in [-0.4, -0.2) is 46.7 Å². The van der Waals surface area contributed by atoms with Gasteiger partial charge < -0.3 is 14.6 Å². The van der Waals surface area contributed by atoms with E-state index in [0.717, 1.165) is 42.8 Å². The number of benzene rings is 2. The van der Waals surface area contributed by atoms with Crippen molar-refractivity contribution in [2.45, 2.75) is 39.3 Å². The number of para-hydroxylation sites is 1. The van der Waals surface area contributed by atoms with Crippen LogP contribution in [0.25, 0.3) is 11.4 Å². The van der Waals surface area contributed by atoms with Crippen LogP contribution in [0, 0.1) is 12.8 Å². The summed E-state index contributed by atoms with van der Waals surface area (Å²) in [5, 5.41) is 7.19. The molecule has 2 heterocycles. The van der Waals surface area contributed by atoms with Crippen LogP contribution in [0.4, 0.5) is 0 Å². The molecule has 1 atom stereocenters. The summed E-state index contributed by atoms with van der Waals surface area (Å²) in [4.78, 5) is 19.5. The molecule has 0 spiro atoms. The number of rotatable bonds is 8. The van der Waals surface area contributed by atoms with E-state index in [1.807, 2.05) is 68.4 Å². The minimum Gasteiger partial charge on any atom is -0.491 e. The number of nitrogens with one attached hydrogen (secondary N) is 1. The van der Waals surface area contributed by atoms with Crippen molar-refractivity contribution in [1.29, 1.82) is 0 Å². The molecule has 32 heavy (non-hydrogen) atoms. The third kappa shape index (κ3) is 5.73. The van der Waals surface area contributed by atoms with E-state index in [0.29, 0.717) is 24.9 Å². The number of carbonyl (C=O) groups is 1. The summed E-state index contributed by atoms with van der Waals surface area (Å²) in [5.74, 6) is 2.20. The van der Waals surface area contributed by atoms with Gasteiger partial charge in [0.05, 0.1) is 12.6 Å². The average Bonchev–Trinajstić information content (AvgIpc) is 3.28. The molecule has 0 aliphatic carbocycles. The van der Waals surface area contributed by atoms with Gasteiger partial charge in [-0.2, -0.15) is 4.98 Å². The van der Waals surface area contributed by atoms with Gasteiger partial charge in [-0.1, -0.05) is 53.7 Å². The molecule has 2 aromatic carbocycles. The predicted octanol–water partition coefficient (Wildman–Crippen LogP) is 3.84. The summed E-state index contributed by atoms with van der Waals surface area (Å²) >= 11 is 0. The number of amides is 1. The molecule has 0 bridgehead atoms. The molecule has 4 rings (SSSR count). The second-order valence-electron chi connectivity index (χ2n) is 8.41. The highest BCUT2D eigenvalue weighted by atomic mass is 16.5. The number of likely N-dealkylation sites (tertiary alicyclic amines) is 1. The van der Waals surface area contributed by atoms with E-state index in [-0.39, 0.29) is 17.9 Å². The summed E-state index contributed by atoms with van der Waals surface area (Å²) in [6.45, 7) is 6.71. The van der Waals surface area contributed by atoms with Gasteiger partial charge in [-0.15, -0.1) is 0 Å². The quantitative estimate of drug-likeness (QED) is 0.580. The predicted molar refractivity (Wildman–Crippen MR) is 122 cm³/mol. The molecule has 1 aliphatic heterocycles. The molecule has 0 saturated carbocycles. The third-order valence-electron chi connectivity index (χ3n) is 5.79. The topological polar surface area (TPSA) is 80.5 Å². The van der Waals surface area contributed by atoms with Crippen molar-refractivity contribution in [3.05, 3.63) is 66.1 Å². The Hall–Kier alpha value is -3.19. The Morgan fingerprint density at radius 1 is 1.16 bits per heavy atom. The lowest BCUT2D eigenvalue weighted by Gasteiger charge is -2.30. The molecule has 7 heteroatoms. The van der Waals surface area contributed by atoms with Gasteiger partial charge in [-0.25, -0.2) is 0 Å². The van der Waals surface area contributed by atoms with E-state index in [2.05, 4.69) is 20.4 Å². The van der Waals surface area contributed by atoms with Crippen LogP contribution in [0.15, 0.2) is 59.1 Å². The molecular weight excluding hydrogens is 404 g/mol. The third-order valence-corrected chi connectivity index (χ3v) is 5.79. The van der Waals surface area contributed by atoms with Crippen LogP contribution < -0.4 is 10.1 Å². The second-order valence-corrected chi connectivity index (χ2v) is 8.41. The van der Waals surface area contributed by atoms with E-state index < -0.39 is 0 Å². The molecule has 168 valence electrons. The van der Waals surface area contributed by atoms with Gasteiger partial charge in [0.15, 0.2) is 0 Å². The SMILES string of the molecule is Cc1ccccc1OCC(C)NC(=O)C1CCN(Cc2nc(-c3ccccc3)no2)CC1. The fourth-order valence-electron chi connectivity index (χ4n) is 3.90. The maximum absolute atomic E-state index is 12.7. The Kier molecular flexibility index (Phi) is 7.17. The first-order chi connectivity index (χ1) is 15.6. The van der Waals surface area contributed by atoms with Crippen molar-refractivity contribution in [3.63, 3.8) is 0 Å². The van der Waals surface area contributed by atoms with E-state index in [9.17, 15) is 4.79 Å². The normalized spacial score (nSPS) is 15.9. The smallest absolute Gasteiger partial charge is 0.241 e. The fraction of sp³-hybridized carbons (Fsp3) is 0.400. The van der Waals surface area contributed by atoms with Gasteiger partial charge in [-0.3, -0.25) is 9.69 Å². The Labute approximate surface area is 188 Å². The highest BCUT2D eigenvalue weighted by Gasteiger charge is 2.26. The molecule has 0 radical (unpaired) electrons. The lowest BCUT2D eigenvalue weighted by molar-refractivity contribution is -0.127. The highest BCUT2D eigenvalue weighted by Crippen LogP contribution is 2.21. The number of aromatic nitrogens is 2. The average molecular weight is 435 g/mol. The molecule has 1 fully saturated rings. The van der Waals surface area contributed by atoms with Gasteiger partial charge in [0.2, 0.25) is 17.6 Å². The minimum atomic E-state index is -0.0464. The molecule has 7 nitrogen and oxygen atoms in total. The van der Waals surface area contributed by atoms with Crippen LogP contribution in [0.2, 0.25) is 0 Å². The molecule has 1 aliphatic rings. The molecule has 1 N–H and O–H groups in total. The van der Waals surface area contributed by atoms with Gasteiger partial charge >= 0.3 is 0 Å². The zero-order valence-electron chi connectivity index (χ0n) is 18.7. The number of nitrogens with zero attached hydrogens (tertiary/aromatic N) is 3. The first-order valence-electron chi connectivity index (χ1n) is 11.2. The van der Waals surface area contributed by atoms with Crippen LogP contribution in [-0.2, 0) is 11.3 Å². The van der Waals surface area contributed by atoms with Gasteiger partial charge in [0.1, 0.15) is 12.4 Å². The van der Waals surface area contributed by atoms with Crippen molar-refractivity contribution in [1.82, 2.24) is 20.4 Å². The maximum atomic E-state index is 12.7. The number of hydrogen-bond acceptors (Lipinski definition) is 6. The minimum absolute atomic E-state index is 0.0229. The van der Waals surface area contributed by atoms with E-state index in [1.54, 1.807) is 0 Å². The zero-order chi connectivity index (χ0) is 22.3. The van der Waals surface area contributed by atoms with Gasteiger partial charge in [0.25, 0.3) is 0 Å². The summed E-state index contributed by atoms with van der Waals surface area (Å²) in [6.07, 6.45) is 1.63. The Morgan fingerprint density at radius 3 is 2.62 bits per heavy atom. The monoisotopic (exact) mass is 434 g/mol. The van der Waals surface area contributed by atoms with Crippen LogP contribution in [0.3, 0.4) is 0 Å². The van der Waals surface area contributed by atoms with E-state index in [1.165, 1.54) is 0 Å². The van der Waals surface area contributed by atoms with Crippen LogP contribution in [0.5, 0.6) is 5.75 Å². The van der Waals surface area contributed by atoms with E-state index >= 15 is 0 Å². The first kappa shape index (κ1) is 22.0. The number of carbonyl (C=O) groups excluding carboxylic acids is 1. The lowest BCUT2D eigenvalue weighted by Crippen LogP contribution is -2.44. The molecule has 1 unspecified atom stereocenters. The van der Waals surface area contributed by atoms with Gasteiger partial charge in [-0.05, 0) is 51.4 Å². The van der Waals surface area contributed by atoms with E-state index in [4.69, 9.17) is 9.26 Å². The summed E-state index contributed by atoms with van der Waals surface area (Å²) < 4.78 is 11.3. The maximum Gasteiger partial charge on any atom is 0.241 e. The van der Waals surface area contributed by atoms with Crippen molar-refractivity contribution in [2.75, 3.05) is 19.7 Å². The Bertz CT molecular complexity index is 1010. The Morgan fingerprint density at radius 2 is 1.88 bits per heavy atom. The summed E-state index contributed by atoms with van der Waals surface area (Å²) in [6, 6.07) is 17.7. The Balaban J connectivity index is 1.20. The van der Waals surface area contributed by atoms with Gasteiger partial charge in [0, 0.05) is 11.5 Å². The summed E-state index contributed by atoms with van der Waals surface area (Å²) in [5.41, 5.74) is 2.04. The molecule has 3 aromatic rings. The van der Waals surface area contributed by atoms with Crippen molar-refractivity contribution >= 4 is 5.91 Å². The van der Waals surface area contributed by atoms with Crippen molar-refractivity contribution in [3.8, 4) is 17.1 Å². The number of ether oxygens (including phenoxy) is 1. The first-order valence-corrected chi connectivity index (χ1v) is 11.2. The fourth-order valence-corrected chi connectivity index (χ4v) is 3.90. The number of piperidine rings is 1. The number of aryl methyl sites for hydroxylation is 1. The molecule has 1 amide bonds. The molecular formula is C25H30N4O3. The molecule has 1 saturated heterocycles. The van der Waals surface area contributed by atoms with Crippen LogP contribution >= 0.6 is 0 Å². The lowest BCUT2D eigenvalue weighted by atomic mass is 9.95. The second kappa shape index (κ2) is 10.4. The van der Waals surface area contributed by atoms with Crippen LogP contribution in [0.1, 0.15) is 31.2 Å². The summed E-state index contributed by atoms with van der Waals surface area (Å²) in [7, 11) is 0. The largest absolute Gasteiger partial charge is 0.491 e. The van der Waals surface area contributed by atoms with Crippen molar-refractivity contribution < 1.29 is 14.1 Å². The van der Waals surface area contributed by atoms with Crippen molar-refractivity contribution in [2.24, 2.45) is 5.92 Å². The highest BCUT2D eigenvalue weighted by molar-refractivity contribution is 5.79. The standard InChI is InChI=1S/C25H30N4O3/c1-18-8-6-7-11-22(18)31-17-19(2)26-25(30)21-12-14-29(15-13-21)16-23-27-24(28-32-23)20-9-4-3-5-10-20/h3-11,19,21H,12-17H2,1-2H3,(H,26,30). The number of hydrogen-bond donors (Lipinski definition) is 1. The molecule has 1 aromatic heterocycles. The zero-order valence-corrected chi connectivity index (χ0v) is 18.7.